The van der Waals surface area contributed by atoms with E-state index in [1.807, 2.05) is 20.8 Å². The van der Waals surface area contributed by atoms with Gasteiger partial charge >= 0.3 is 5.97 Å². The number of nitrogens with one attached hydrogen (secondary N) is 2. The lowest BCUT2D eigenvalue weighted by Gasteiger charge is -2.19. The summed E-state index contributed by atoms with van der Waals surface area (Å²) < 4.78 is 5.30. The molecule has 1 aliphatic carbocycles. The number of nitrogens with zero attached hydrogens (tertiary/aromatic N) is 1. The quantitative estimate of drug-likeness (QED) is 0.296. The van der Waals surface area contributed by atoms with Crippen molar-refractivity contribution < 1.29 is 9.53 Å². The molecular formula is C18H35N3O2. The number of unbranched alkanes of at least 4 members (excludes halogenated alkanes) is 3. The van der Waals surface area contributed by atoms with Crippen LogP contribution in [0.25, 0.3) is 0 Å². The second kappa shape index (κ2) is 9.78. The largest absolute Gasteiger partial charge is 0.460 e. The van der Waals surface area contributed by atoms with Crippen molar-refractivity contribution in [3.05, 3.63) is 0 Å². The van der Waals surface area contributed by atoms with Gasteiger partial charge in [0, 0.05) is 25.6 Å². The second-order valence-corrected chi connectivity index (χ2v) is 7.48. The molecule has 2 N–H and O–H groups in total. The molecule has 5 nitrogen and oxygen atoms in total. The van der Waals surface area contributed by atoms with Crippen molar-refractivity contribution in [1.29, 1.82) is 0 Å². The number of hydrogen-bond acceptors (Lipinski definition) is 3. The Morgan fingerprint density at radius 1 is 1.22 bits per heavy atom. The number of carbonyl (C=O) groups excluding carboxylic acids is 1. The minimum Gasteiger partial charge on any atom is -0.460 e. The van der Waals surface area contributed by atoms with Crippen molar-refractivity contribution in [3.63, 3.8) is 0 Å². The summed E-state index contributed by atoms with van der Waals surface area (Å²) >= 11 is 0. The maximum absolute atomic E-state index is 11.6. The molecule has 2 atom stereocenters. The topological polar surface area (TPSA) is 62.7 Å². The summed E-state index contributed by atoms with van der Waals surface area (Å²) in [7, 11) is 0. The first kappa shape index (κ1) is 19.8. The predicted octanol–water partition coefficient (Wildman–Crippen LogP) is 3.24. The first-order valence-corrected chi connectivity index (χ1v) is 9.08. The van der Waals surface area contributed by atoms with Crippen LogP contribution in [0.3, 0.4) is 0 Å². The summed E-state index contributed by atoms with van der Waals surface area (Å²) in [6.45, 7) is 11.8. The van der Waals surface area contributed by atoms with E-state index in [0.717, 1.165) is 50.7 Å². The molecule has 2 unspecified atom stereocenters. The van der Waals surface area contributed by atoms with Gasteiger partial charge in [0.2, 0.25) is 0 Å². The molecule has 5 heteroatoms. The number of esters is 1. The Labute approximate surface area is 141 Å². The second-order valence-electron chi connectivity index (χ2n) is 7.48. The van der Waals surface area contributed by atoms with Crippen molar-refractivity contribution >= 4 is 11.9 Å². The van der Waals surface area contributed by atoms with Gasteiger partial charge in [0.1, 0.15) is 5.60 Å². The Balaban J connectivity index is 2.06. The number of guanidine groups is 1. The zero-order chi connectivity index (χ0) is 17.3. The van der Waals surface area contributed by atoms with Gasteiger partial charge in [-0.25, -0.2) is 0 Å². The summed E-state index contributed by atoms with van der Waals surface area (Å²) in [6, 6.07) is 0.599. The number of hydrogen-bond donors (Lipinski definition) is 2. The van der Waals surface area contributed by atoms with E-state index in [1.54, 1.807) is 0 Å². The lowest BCUT2D eigenvalue weighted by molar-refractivity contribution is -0.154. The molecule has 0 bridgehead atoms. The number of aliphatic imine (C=N–C) groups is 1. The zero-order valence-corrected chi connectivity index (χ0v) is 15.6. The van der Waals surface area contributed by atoms with Gasteiger partial charge in [-0.05, 0) is 52.9 Å². The maximum Gasteiger partial charge on any atom is 0.306 e. The molecule has 134 valence electrons. The average molecular weight is 325 g/mol. The fourth-order valence-corrected chi connectivity index (χ4v) is 2.34. The third-order valence-electron chi connectivity index (χ3n) is 3.75. The third kappa shape index (κ3) is 10.2. The van der Waals surface area contributed by atoms with Gasteiger partial charge in [-0.15, -0.1) is 0 Å². The van der Waals surface area contributed by atoms with Gasteiger partial charge in [-0.1, -0.05) is 19.8 Å². The van der Waals surface area contributed by atoms with Crippen LogP contribution in [0, 0.1) is 5.92 Å². The standard InChI is InChI=1S/C18H35N3O2/c1-6-19-17(21-15-13-14(15)2)20-12-10-8-7-9-11-16(22)23-18(3,4)5/h14-15H,6-13H2,1-5H3,(H2,19,20,21). The highest BCUT2D eigenvalue weighted by atomic mass is 16.6. The minimum absolute atomic E-state index is 0.0901. The molecule has 1 aliphatic rings. The van der Waals surface area contributed by atoms with Gasteiger partial charge in [0.15, 0.2) is 5.96 Å². The van der Waals surface area contributed by atoms with Crippen LogP contribution in [0.15, 0.2) is 4.99 Å². The number of carbonyl (C=O) groups is 1. The van der Waals surface area contributed by atoms with Gasteiger partial charge in [0.05, 0.1) is 0 Å². The van der Waals surface area contributed by atoms with E-state index in [9.17, 15) is 4.79 Å². The van der Waals surface area contributed by atoms with Crippen molar-refractivity contribution in [2.75, 3.05) is 13.1 Å². The molecule has 0 aromatic rings. The van der Waals surface area contributed by atoms with Gasteiger partial charge < -0.3 is 15.4 Å². The summed E-state index contributed by atoms with van der Waals surface area (Å²) in [5.74, 6) is 1.62. The molecule has 0 aromatic heterocycles. The van der Waals surface area contributed by atoms with Crippen LogP contribution in [-0.2, 0) is 9.53 Å². The van der Waals surface area contributed by atoms with Crippen LogP contribution < -0.4 is 10.6 Å². The van der Waals surface area contributed by atoms with Crippen molar-refractivity contribution in [2.24, 2.45) is 10.9 Å². The van der Waals surface area contributed by atoms with Crippen LogP contribution >= 0.6 is 0 Å². The van der Waals surface area contributed by atoms with E-state index in [0.29, 0.717) is 12.5 Å². The Morgan fingerprint density at radius 2 is 1.87 bits per heavy atom. The Kier molecular flexibility index (Phi) is 8.42. The average Bonchev–Trinajstić information content (AvgIpc) is 3.11. The lowest BCUT2D eigenvalue weighted by Crippen LogP contribution is -2.39. The van der Waals surface area contributed by atoms with Crippen molar-refractivity contribution in [3.8, 4) is 0 Å². The first-order valence-electron chi connectivity index (χ1n) is 9.08. The first-order chi connectivity index (χ1) is 10.8. The van der Waals surface area contributed by atoms with Crippen molar-refractivity contribution in [2.45, 2.75) is 84.8 Å². The van der Waals surface area contributed by atoms with E-state index in [2.05, 4.69) is 29.5 Å². The van der Waals surface area contributed by atoms with Crippen LogP contribution in [0.1, 0.15) is 73.1 Å². The molecule has 23 heavy (non-hydrogen) atoms. The maximum atomic E-state index is 11.6. The van der Waals surface area contributed by atoms with E-state index in [1.165, 1.54) is 6.42 Å². The number of ether oxygens (including phenoxy) is 1. The summed E-state index contributed by atoms with van der Waals surface area (Å²) in [6.07, 6.45) is 5.88. The van der Waals surface area contributed by atoms with Gasteiger partial charge in [-0.2, -0.15) is 0 Å². The minimum atomic E-state index is -0.374. The van der Waals surface area contributed by atoms with Crippen LogP contribution in [-0.4, -0.2) is 36.7 Å². The number of rotatable bonds is 9. The summed E-state index contributed by atoms with van der Waals surface area (Å²) in [4.78, 5) is 16.2. The molecule has 0 heterocycles. The Bertz CT molecular complexity index is 388. The van der Waals surface area contributed by atoms with Gasteiger partial charge in [0.25, 0.3) is 0 Å². The molecule has 0 saturated heterocycles. The van der Waals surface area contributed by atoms with Gasteiger partial charge in [-0.3, -0.25) is 9.79 Å². The van der Waals surface area contributed by atoms with E-state index >= 15 is 0 Å². The molecule has 0 amide bonds. The summed E-state index contributed by atoms with van der Waals surface area (Å²) in [5, 5.41) is 6.75. The third-order valence-corrected chi connectivity index (χ3v) is 3.75. The molecule has 1 rings (SSSR count). The van der Waals surface area contributed by atoms with Crippen molar-refractivity contribution in [1.82, 2.24) is 10.6 Å². The van der Waals surface area contributed by atoms with Crippen LogP contribution in [0.4, 0.5) is 0 Å². The SMILES string of the molecule is CCNC(=NCCCCCCC(=O)OC(C)(C)C)NC1CC1C. The lowest BCUT2D eigenvalue weighted by atomic mass is 10.1. The molecular weight excluding hydrogens is 290 g/mol. The van der Waals surface area contributed by atoms with E-state index in [4.69, 9.17) is 4.74 Å². The fourth-order valence-electron chi connectivity index (χ4n) is 2.34. The smallest absolute Gasteiger partial charge is 0.306 e. The monoisotopic (exact) mass is 325 g/mol. The molecule has 1 saturated carbocycles. The molecule has 0 aromatic carbocycles. The highest BCUT2D eigenvalue weighted by Gasteiger charge is 2.33. The highest BCUT2D eigenvalue weighted by Crippen LogP contribution is 2.28. The van der Waals surface area contributed by atoms with Crippen LogP contribution in [0.2, 0.25) is 0 Å². The highest BCUT2D eigenvalue weighted by molar-refractivity contribution is 5.80. The fraction of sp³-hybridized carbons (Fsp3) is 0.889. The Morgan fingerprint density at radius 3 is 2.43 bits per heavy atom. The van der Waals surface area contributed by atoms with E-state index < -0.39 is 0 Å². The normalized spacial score (nSPS) is 21.0. The van der Waals surface area contributed by atoms with E-state index in [-0.39, 0.29) is 11.6 Å². The van der Waals surface area contributed by atoms with Crippen LogP contribution in [0.5, 0.6) is 0 Å². The molecule has 1 fully saturated rings. The molecule has 0 aliphatic heterocycles. The molecule has 0 radical (unpaired) electrons. The zero-order valence-electron chi connectivity index (χ0n) is 15.6. The Hall–Kier alpha value is -1.26. The molecule has 0 spiro atoms. The predicted molar refractivity (Wildman–Crippen MR) is 95.6 cm³/mol. The summed E-state index contributed by atoms with van der Waals surface area (Å²) in [5.41, 5.74) is -0.374.